The van der Waals surface area contributed by atoms with Gasteiger partial charge in [0.25, 0.3) is 0 Å². The fourth-order valence-corrected chi connectivity index (χ4v) is 7.80. The molecule has 4 aliphatic rings. The van der Waals surface area contributed by atoms with Crippen molar-refractivity contribution in [3.63, 3.8) is 0 Å². The molecule has 3 saturated carbocycles. The van der Waals surface area contributed by atoms with Gasteiger partial charge in [0.2, 0.25) is 5.91 Å². The summed E-state index contributed by atoms with van der Waals surface area (Å²) in [5.41, 5.74) is 5.46. The average molecular weight is 403 g/mol. The number of rotatable bonds is 7. The summed E-state index contributed by atoms with van der Waals surface area (Å²) in [6.07, 6.45) is 21.7. The van der Waals surface area contributed by atoms with Crippen LogP contribution in [0.4, 0.5) is 0 Å². The second-order valence-corrected chi connectivity index (χ2v) is 11.3. The zero-order chi connectivity index (χ0) is 20.2. The van der Waals surface area contributed by atoms with E-state index < -0.39 is 0 Å². The van der Waals surface area contributed by atoms with E-state index in [0.717, 1.165) is 48.1 Å². The quantitative estimate of drug-likeness (QED) is 0.575. The number of nitrogens with zero attached hydrogens (tertiary/aromatic N) is 1. The van der Waals surface area contributed by atoms with E-state index in [0.29, 0.717) is 6.42 Å². The lowest BCUT2D eigenvalue weighted by molar-refractivity contribution is -0.118. The fraction of sp³-hybridized carbons (Fsp3) is 0.962. The van der Waals surface area contributed by atoms with Crippen molar-refractivity contribution in [3.8, 4) is 0 Å². The van der Waals surface area contributed by atoms with Crippen LogP contribution in [-0.4, -0.2) is 29.4 Å². The van der Waals surface area contributed by atoms with Crippen molar-refractivity contribution in [2.45, 2.75) is 122 Å². The van der Waals surface area contributed by atoms with Crippen LogP contribution in [0.2, 0.25) is 0 Å². The van der Waals surface area contributed by atoms with Crippen molar-refractivity contribution in [1.82, 2.24) is 4.90 Å². The molecule has 29 heavy (non-hydrogen) atoms. The number of nitrogens with two attached hydrogens (primary N) is 1. The Morgan fingerprint density at radius 1 is 0.966 bits per heavy atom. The average Bonchev–Trinajstić information content (AvgIpc) is 3.11. The molecule has 0 aromatic rings. The zero-order valence-electron chi connectivity index (χ0n) is 19.0. The van der Waals surface area contributed by atoms with Crippen LogP contribution in [0.25, 0.3) is 0 Å². The molecule has 5 atom stereocenters. The van der Waals surface area contributed by atoms with Crippen molar-refractivity contribution in [2.24, 2.45) is 35.3 Å². The van der Waals surface area contributed by atoms with Crippen LogP contribution < -0.4 is 5.73 Å². The number of primary amides is 1. The molecular formula is C26H46N2O. The van der Waals surface area contributed by atoms with Crippen molar-refractivity contribution in [1.29, 1.82) is 0 Å². The Balaban J connectivity index is 1.42. The number of hydrogen-bond acceptors (Lipinski definition) is 2. The minimum Gasteiger partial charge on any atom is -0.370 e. The van der Waals surface area contributed by atoms with Crippen LogP contribution in [0.3, 0.4) is 0 Å². The number of hydrogen-bond donors (Lipinski definition) is 1. The SMILES string of the molecule is CC(CC1CN(C2CCCCC2)[C@@H]2CCC(CCC(N)=O)CC12)C1CCCCC1. The summed E-state index contributed by atoms with van der Waals surface area (Å²) in [5, 5.41) is 0. The molecule has 0 radical (unpaired) electrons. The number of likely N-dealkylation sites (tertiary alicyclic amines) is 1. The summed E-state index contributed by atoms with van der Waals surface area (Å²) >= 11 is 0. The molecule has 0 aromatic carbocycles. The highest BCUT2D eigenvalue weighted by atomic mass is 16.1. The summed E-state index contributed by atoms with van der Waals surface area (Å²) in [4.78, 5) is 14.3. The molecule has 3 aliphatic carbocycles. The molecule has 1 heterocycles. The van der Waals surface area contributed by atoms with Crippen LogP contribution in [-0.2, 0) is 4.79 Å². The minimum atomic E-state index is -0.107. The summed E-state index contributed by atoms with van der Waals surface area (Å²) in [6.45, 7) is 3.95. The molecule has 0 bridgehead atoms. The largest absolute Gasteiger partial charge is 0.370 e. The Labute approximate surface area is 179 Å². The van der Waals surface area contributed by atoms with Gasteiger partial charge in [-0.05, 0) is 74.5 Å². The third kappa shape index (κ3) is 5.38. The summed E-state index contributed by atoms with van der Waals surface area (Å²) in [7, 11) is 0. The predicted octanol–water partition coefficient (Wildman–Crippen LogP) is 5.91. The van der Waals surface area contributed by atoms with Crippen molar-refractivity contribution in [2.75, 3.05) is 6.54 Å². The fourth-order valence-electron chi connectivity index (χ4n) is 7.80. The van der Waals surface area contributed by atoms with E-state index in [4.69, 9.17) is 5.73 Å². The molecule has 1 saturated heterocycles. The van der Waals surface area contributed by atoms with E-state index in [1.807, 2.05) is 0 Å². The minimum absolute atomic E-state index is 0.107. The number of fused-ring (bicyclic) bond motifs is 1. The highest BCUT2D eigenvalue weighted by molar-refractivity contribution is 5.73. The first-order valence-electron chi connectivity index (χ1n) is 13.2. The summed E-state index contributed by atoms with van der Waals surface area (Å²) < 4.78 is 0. The normalized spacial score (nSPS) is 36.0. The van der Waals surface area contributed by atoms with Gasteiger partial charge in [-0.15, -0.1) is 0 Å². The van der Waals surface area contributed by atoms with E-state index in [2.05, 4.69) is 11.8 Å². The van der Waals surface area contributed by atoms with Crippen molar-refractivity contribution in [3.05, 3.63) is 0 Å². The number of amides is 1. The van der Waals surface area contributed by atoms with Gasteiger partial charge < -0.3 is 5.73 Å². The Hall–Kier alpha value is -0.570. The molecule has 0 spiro atoms. The Morgan fingerprint density at radius 2 is 1.66 bits per heavy atom. The third-order valence-corrected chi connectivity index (χ3v) is 9.42. The third-order valence-electron chi connectivity index (χ3n) is 9.42. The van der Waals surface area contributed by atoms with Crippen LogP contribution >= 0.6 is 0 Å². The van der Waals surface area contributed by atoms with Gasteiger partial charge in [0.15, 0.2) is 0 Å². The Bertz CT molecular complexity index is 523. The van der Waals surface area contributed by atoms with Gasteiger partial charge in [-0.25, -0.2) is 0 Å². The van der Waals surface area contributed by atoms with E-state index in [9.17, 15) is 4.79 Å². The first-order valence-corrected chi connectivity index (χ1v) is 13.2. The molecular weight excluding hydrogens is 356 g/mol. The highest BCUT2D eigenvalue weighted by Crippen LogP contribution is 2.48. The lowest BCUT2D eigenvalue weighted by atomic mass is 9.69. The molecule has 4 unspecified atom stereocenters. The number of carbonyl (C=O) groups excluding carboxylic acids is 1. The molecule has 3 nitrogen and oxygen atoms in total. The topological polar surface area (TPSA) is 46.3 Å². The maximum Gasteiger partial charge on any atom is 0.217 e. The van der Waals surface area contributed by atoms with Gasteiger partial charge in [-0.1, -0.05) is 58.3 Å². The molecule has 166 valence electrons. The molecule has 0 aromatic heterocycles. The van der Waals surface area contributed by atoms with Gasteiger partial charge in [-0.2, -0.15) is 0 Å². The summed E-state index contributed by atoms with van der Waals surface area (Å²) in [5.74, 6) is 4.30. The molecule has 4 rings (SSSR count). The van der Waals surface area contributed by atoms with Crippen LogP contribution in [0.15, 0.2) is 0 Å². The van der Waals surface area contributed by atoms with Gasteiger partial charge in [0.1, 0.15) is 0 Å². The van der Waals surface area contributed by atoms with Gasteiger partial charge in [-0.3, -0.25) is 9.69 Å². The highest BCUT2D eigenvalue weighted by Gasteiger charge is 2.47. The Kier molecular flexibility index (Phi) is 7.59. The lowest BCUT2D eigenvalue weighted by Crippen LogP contribution is -2.44. The van der Waals surface area contributed by atoms with Gasteiger partial charge in [0.05, 0.1) is 0 Å². The maximum atomic E-state index is 11.3. The van der Waals surface area contributed by atoms with Gasteiger partial charge in [0, 0.05) is 25.0 Å². The molecule has 2 N–H and O–H groups in total. The van der Waals surface area contributed by atoms with Gasteiger partial charge >= 0.3 is 0 Å². The van der Waals surface area contributed by atoms with E-state index >= 15 is 0 Å². The van der Waals surface area contributed by atoms with Crippen molar-refractivity contribution >= 4 is 5.91 Å². The summed E-state index contributed by atoms with van der Waals surface area (Å²) in [6, 6.07) is 1.71. The molecule has 3 heteroatoms. The monoisotopic (exact) mass is 402 g/mol. The van der Waals surface area contributed by atoms with E-state index in [1.165, 1.54) is 96.4 Å². The lowest BCUT2D eigenvalue weighted by Gasteiger charge is -2.41. The van der Waals surface area contributed by atoms with Crippen LogP contribution in [0.5, 0.6) is 0 Å². The van der Waals surface area contributed by atoms with E-state index in [-0.39, 0.29) is 5.91 Å². The smallest absolute Gasteiger partial charge is 0.217 e. The molecule has 1 amide bonds. The second kappa shape index (κ2) is 10.2. The second-order valence-electron chi connectivity index (χ2n) is 11.3. The van der Waals surface area contributed by atoms with Crippen molar-refractivity contribution < 1.29 is 4.79 Å². The molecule has 4 fully saturated rings. The van der Waals surface area contributed by atoms with Crippen LogP contribution in [0, 0.1) is 29.6 Å². The maximum absolute atomic E-state index is 11.3. The predicted molar refractivity (Wildman–Crippen MR) is 120 cm³/mol. The van der Waals surface area contributed by atoms with Crippen LogP contribution in [0.1, 0.15) is 110 Å². The first kappa shape index (κ1) is 21.7. The molecule has 1 aliphatic heterocycles. The zero-order valence-corrected chi connectivity index (χ0v) is 19.0. The first-order chi connectivity index (χ1) is 14.1. The number of carbonyl (C=O) groups is 1. The standard InChI is InChI=1S/C26H46N2O/c1-19(21-8-4-2-5-9-21)16-22-18-28(23-10-6-3-7-11-23)25-14-12-20(17-24(22)25)13-15-26(27)29/h19-25H,2-18H2,1H3,(H2,27,29)/t19?,20?,22?,24?,25-/m1/s1. The van der Waals surface area contributed by atoms with E-state index in [1.54, 1.807) is 0 Å². The Morgan fingerprint density at radius 3 is 2.34 bits per heavy atom.